The Morgan fingerprint density at radius 2 is 1.47 bits per heavy atom. The van der Waals surface area contributed by atoms with Crippen LogP contribution in [0, 0.1) is 0 Å². The normalized spacial score (nSPS) is 10.6. The number of benzene rings is 3. The fourth-order valence-electron chi connectivity index (χ4n) is 3.44. The van der Waals surface area contributed by atoms with E-state index in [1.165, 1.54) is 4.90 Å². The van der Waals surface area contributed by atoms with Crippen molar-refractivity contribution in [3.8, 4) is 0 Å². The van der Waals surface area contributed by atoms with Crippen molar-refractivity contribution in [3.05, 3.63) is 95.6 Å². The second-order valence-corrected chi connectivity index (χ2v) is 9.51. The molecule has 3 rings (SSSR count). The van der Waals surface area contributed by atoms with Crippen molar-refractivity contribution in [2.45, 2.75) is 51.5 Å². The molecule has 0 radical (unpaired) electrons. The van der Waals surface area contributed by atoms with E-state index < -0.39 is 5.54 Å². The zero-order chi connectivity index (χ0) is 25.1. The Morgan fingerprint density at radius 1 is 0.882 bits per heavy atom. The minimum absolute atomic E-state index is 0.0312. The number of hydrogen-bond donors (Lipinski definition) is 1. The molecule has 0 saturated heterocycles. The number of carbonyl (C=O) groups is 2. The first kappa shape index (κ1) is 27.2. The van der Waals surface area contributed by atoms with E-state index in [1.54, 1.807) is 16.7 Å². The highest BCUT2D eigenvalue weighted by atomic mass is 32.2. The van der Waals surface area contributed by atoms with Gasteiger partial charge in [0.1, 0.15) is 0 Å². The van der Waals surface area contributed by atoms with Gasteiger partial charge >= 0.3 is 0 Å². The summed E-state index contributed by atoms with van der Waals surface area (Å²) < 4.78 is 0. The van der Waals surface area contributed by atoms with Crippen LogP contribution in [0.5, 0.6) is 0 Å². The minimum atomic E-state index is -0.506. The molecule has 0 aliphatic carbocycles. The van der Waals surface area contributed by atoms with E-state index in [2.05, 4.69) is 24.4 Å². The van der Waals surface area contributed by atoms with Crippen molar-refractivity contribution in [1.82, 2.24) is 4.90 Å². The quantitative estimate of drug-likeness (QED) is 0.356. The summed E-state index contributed by atoms with van der Waals surface area (Å²) in [4.78, 5) is 28.3. The summed E-state index contributed by atoms with van der Waals surface area (Å²) in [5.74, 6) is 0.948. The molecule has 2 amide bonds. The van der Waals surface area contributed by atoms with Gasteiger partial charge in [0.15, 0.2) is 0 Å². The molecule has 0 aromatic heterocycles. The average Bonchev–Trinajstić information content (AvgIpc) is 2.86. The molecule has 34 heavy (non-hydrogen) atoms. The molecule has 3 aromatic rings. The first-order valence-electron chi connectivity index (χ1n) is 11.8. The first-order valence-corrected chi connectivity index (χ1v) is 12.7. The number of anilines is 1. The maximum atomic E-state index is 12.9. The van der Waals surface area contributed by atoms with Gasteiger partial charge in [-0.1, -0.05) is 63.2 Å². The molecule has 0 aliphatic rings. The Labute approximate surface area is 208 Å². The maximum absolute atomic E-state index is 12.9. The number of carbonyl (C=O) groups excluding carboxylic acids is 2. The molecule has 0 spiro atoms. The molecule has 0 atom stereocenters. The highest BCUT2D eigenvalue weighted by Gasteiger charge is 2.30. The standard InChI is InChI=1S/C27H30N2O2S.C2H6/c1-5-32-24-17-11-20(12-18-24)19-25(30)28-23-15-13-22(14-16-23)27(2,3)29(4)26(31)21-9-7-6-8-10-21;1-2/h6-18H,5,19H2,1-4H3,(H,28,30);1-2H3. The number of thioether (sulfide) groups is 1. The average molecular weight is 477 g/mol. The summed E-state index contributed by atoms with van der Waals surface area (Å²) in [6.07, 6.45) is 0.332. The fraction of sp³-hybridized carbons (Fsp3) is 0.310. The van der Waals surface area contributed by atoms with Crippen molar-refractivity contribution in [2.24, 2.45) is 0 Å². The summed E-state index contributed by atoms with van der Waals surface area (Å²) >= 11 is 1.79. The van der Waals surface area contributed by atoms with Gasteiger partial charge in [-0.15, -0.1) is 11.8 Å². The lowest BCUT2D eigenvalue weighted by atomic mass is 9.91. The second kappa shape index (κ2) is 13.0. The van der Waals surface area contributed by atoms with Gasteiger partial charge in [0.25, 0.3) is 5.91 Å². The van der Waals surface area contributed by atoms with Gasteiger partial charge in [0.2, 0.25) is 5.91 Å². The van der Waals surface area contributed by atoms with E-state index in [0.29, 0.717) is 12.0 Å². The Hall–Kier alpha value is -3.05. The monoisotopic (exact) mass is 476 g/mol. The Bertz CT molecular complexity index is 1050. The molecule has 0 saturated carbocycles. The number of nitrogens with one attached hydrogen (secondary N) is 1. The van der Waals surface area contributed by atoms with Crippen molar-refractivity contribution in [2.75, 3.05) is 18.1 Å². The minimum Gasteiger partial charge on any atom is -0.333 e. The molecular formula is C29H36N2O2S. The largest absolute Gasteiger partial charge is 0.333 e. The van der Waals surface area contributed by atoms with Crippen molar-refractivity contribution in [3.63, 3.8) is 0 Å². The Balaban J connectivity index is 0.00000199. The third kappa shape index (κ3) is 7.22. The molecule has 0 fully saturated rings. The molecule has 180 valence electrons. The van der Waals surface area contributed by atoms with E-state index in [1.807, 2.05) is 101 Å². The molecule has 0 bridgehead atoms. The van der Waals surface area contributed by atoms with Crippen molar-refractivity contribution >= 4 is 29.3 Å². The van der Waals surface area contributed by atoms with Gasteiger partial charge in [-0.3, -0.25) is 9.59 Å². The Kier molecular flexibility index (Phi) is 10.4. The lowest BCUT2D eigenvalue weighted by Gasteiger charge is -2.36. The van der Waals surface area contributed by atoms with Crippen molar-refractivity contribution < 1.29 is 9.59 Å². The van der Waals surface area contributed by atoms with Gasteiger partial charge in [-0.2, -0.15) is 0 Å². The third-order valence-corrected chi connectivity index (χ3v) is 6.53. The predicted molar refractivity (Wildman–Crippen MR) is 145 cm³/mol. The van der Waals surface area contributed by atoms with E-state index >= 15 is 0 Å². The van der Waals surface area contributed by atoms with Gasteiger partial charge in [0.05, 0.1) is 12.0 Å². The number of amides is 2. The zero-order valence-corrected chi connectivity index (χ0v) is 21.9. The molecule has 0 heterocycles. The van der Waals surface area contributed by atoms with Crippen LogP contribution in [-0.2, 0) is 16.8 Å². The van der Waals surface area contributed by atoms with E-state index in [0.717, 1.165) is 22.6 Å². The molecule has 5 heteroatoms. The van der Waals surface area contributed by atoms with Crippen LogP contribution < -0.4 is 5.32 Å². The molecular weight excluding hydrogens is 440 g/mol. The van der Waals surface area contributed by atoms with Gasteiger partial charge in [0, 0.05) is 23.2 Å². The lowest BCUT2D eigenvalue weighted by molar-refractivity contribution is -0.115. The van der Waals surface area contributed by atoms with Crippen LogP contribution in [0.4, 0.5) is 5.69 Å². The van der Waals surface area contributed by atoms with Crippen LogP contribution in [0.15, 0.2) is 83.8 Å². The van der Waals surface area contributed by atoms with Crippen LogP contribution in [0.2, 0.25) is 0 Å². The highest BCUT2D eigenvalue weighted by molar-refractivity contribution is 7.99. The molecule has 1 N–H and O–H groups in total. The molecule has 0 aliphatic heterocycles. The van der Waals surface area contributed by atoms with Crippen LogP contribution in [0.3, 0.4) is 0 Å². The van der Waals surface area contributed by atoms with Crippen molar-refractivity contribution in [1.29, 1.82) is 0 Å². The topological polar surface area (TPSA) is 49.4 Å². The fourth-order valence-corrected chi connectivity index (χ4v) is 4.11. The summed E-state index contributed by atoms with van der Waals surface area (Å²) in [6.45, 7) is 10.2. The SMILES string of the molecule is CC.CCSc1ccc(CC(=O)Nc2ccc(C(C)(C)N(C)C(=O)c3ccccc3)cc2)cc1. The number of rotatable bonds is 8. The van der Waals surface area contributed by atoms with Crippen LogP contribution in [-0.4, -0.2) is 29.5 Å². The summed E-state index contributed by atoms with van der Waals surface area (Å²) in [5, 5.41) is 2.96. The summed E-state index contributed by atoms with van der Waals surface area (Å²) in [6, 6.07) is 25.1. The molecule has 0 unspecified atom stereocenters. The zero-order valence-electron chi connectivity index (χ0n) is 21.1. The second-order valence-electron chi connectivity index (χ2n) is 8.17. The number of hydrogen-bond acceptors (Lipinski definition) is 3. The van der Waals surface area contributed by atoms with E-state index in [4.69, 9.17) is 0 Å². The van der Waals surface area contributed by atoms with Crippen LogP contribution >= 0.6 is 11.8 Å². The highest BCUT2D eigenvalue weighted by Crippen LogP contribution is 2.29. The third-order valence-electron chi connectivity index (χ3n) is 5.64. The predicted octanol–water partition coefficient (Wildman–Crippen LogP) is 7.01. The van der Waals surface area contributed by atoms with Crippen LogP contribution in [0.25, 0.3) is 0 Å². The lowest BCUT2D eigenvalue weighted by Crippen LogP contribution is -2.42. The maximum Gasteiger partial charge on any atom is 0.254 e. The van der Waals surface area contributed by atoms with E-state index in [9.17, 15) is 9.59 Å². The number of nitrogens with zero attached hydrogens (tertiary/aromatic N) is 1. The van der Waals surface area contributed by atoms with Gasteiger partial charge < -0.3 is 10.2 Å². The summed E-state index contributed by atoms with van der Waals surface area (Å²) in [7, 11) is 1.81. The van der Waals surface area contributed by atoms with Gasteiger partial charge in [-0.25, -0.2) is 0 Å². The molecule has 3 aromatic carbocycles. The first-order chi connectivity index (χ1) is 16.3. The van der Waals surface area contributed by atoms with Gasteiger partial charge in [-0.05, 0) is 67.1 Å². The van der Waals surface area contributed by atoms with Crippen LogP contribution in [0.1, 0.15) is 56.1 Å². The Morgan fingerprint density at radius 3 is 2.03 bits per heavy atom. The smallest absolute Gasteiger partial charge is 0.254 e. The summed E-state index contributed by atoms with van der Waals surface area (Å²) in [5.41, 5.74) is 2.87. The molecule has 4 nitrogen and oxygen atoms in total. The van der Waals surface area contributed by atoms with E-state index in [-0.39, 0.29) is 11.8 Å².